The Balaban J connectivity index is 2.08. The smallest absolute Gasteiger partial charge is 0.314 e. The summed E-state index contributed by atoms with van der Waals surface area (Å²) in [5.74, 6) is 1.22. The van der Waals surface area contributed by atoms with Gasteiger partial charge in [-0.15, -0.1) is 0 Å². The predicted octanol–water partition coefficient (Wildman–Crippen LogP) is 1.51. The molecule has 5 nitrogen and oxygen atoms in total. The SMILES string of the molecule is C[S@](=O)CCNC(=O)NCCOc1ccc(Br)cc1. The van der Waals surface area contributed by atoms with Crippen LogP contribution in [0.25, 0.3) is 0 Å². The van der Waals surface area contributed by atoms with E-state index in [9.17, 15) is 9.00 Å². The van der Waals surface area contributed by atoms with Gasteiger partial charge in [-0.3, -0.25) is 4.21 Å². The Kier molecular flexibility index (Phi) is 7.50. The van der Waals surface area contributed by atoms with Crippen molar-refractivity contribution in [3.8, 4) is 5.75 Å². The van der Waals surface area contributed by atoms with E-state index in [-0.39, 0.29) is 6.03 Å². The zero-order valence-electron chi connectivity index (χ0n) is 10.6. The van der Waals surface area contributed by atoms with Crippen LogP contribution in [0.4, 0.5) is 4.79 Å². The van der Waals surface area contributed by atoms with Crippen molar-refractivity contribution in [1.29, 1.82) is 0 Å². The van der Waals surface area contributed by atoms with E-state index in [2.05, 4.69) is 26.6 Å². The third-order valence-corrected chi connectivity index (χ3v) is 3.45. The van der Waals surface area contributed by atoms with E-state index < -0.39 is 10.8 Å². The molecule has 2 amide bonds. The molecule has 0 unspecified atom stereocenters. The normalized spacial score (nSPS) is 11.7. The fraction of sp³-hybridized carbons (Fsp3) is 0.417. The second kappa shape index (κ2) is 8.92. The average molecular weight is 349 g/mol. The number of rotatable bonds is 7. The summed E-state index contributed by atoms with van der Waals surface area (Å²) < 4.78 is 17.2. The second-order valence-corrected chi connectivity index (χ2v) is 6.23. The van der Waals surface area contributed by atoms with E-state index in [1.165, 1.54) is 0 Å². The summed E-state index contributed by atoms with van der Waals surface area (Å²) >= 11 is 3.34. The highest BCUT2D eigenvalue weighted by Gasteiger charge is 2.00. The molecule has 0 bridgehead atoms. The molecule has 106 valence electrons. The monoisotopic (exact) mass is 348 g/mol. The summed E-state index contributed by atoms with van der Waals surface area (Å²) in [5, 5.41) is 5.27. The molecular formula is C12H17BrN2O3S. The lowest BCUT2D eigenvalue weighted by Gasteiger charge is -2.08. The van der Waals surface area contributed by atoms with Crippen LogP contribution in [0.15, 0.2) is 28.7 Å². The van der Waals surface area contributed by atoms with Gasteiger partial charge in [-0.05, 0) is 24.3 Å². The summed E-state index contributed by atoms with van der Waals surface area (Å²) in [6.07, 6.45) is 1.60. The maximum absolute atomic E-state index is 11.3. The first-order valence-electron chi connectivity index (χ1n) is 5.78. The molecule has 19 heavy (non-hydrogen) atoms. The third-order valence-electron chi connectivity index (χ3n) is 2.15. The Labute approximate surface area is 123 Å². The second-order valence-electron chi connectivity index (χ2n) is 3.76. The Morgan fingerprint density at radius 3 is 2.53 bits per heavy atom. The van der Waals surface area contributed by atoms with Gasteiger partial charge in [-0.2, -0.15) is 0 Å². The summed E-state index contributed by atoms with van der Waals surface area (Å²) in [5.41, 5.74) is 0. The predicted molar refractivity (Wildman–Crippen MR) is 80.0 cm³/mol. The first-order valence-corrected chi connectivity index (χ1v) is 8.30. The molecule has 0 spiro atoms. The van der Waals surface area contributed by atoms with E-state index in [1.807, 2.05) is 24.3 Å². The molecule has 1 atom stereocenters. The Morgan fingerprint density at radius 2 is 1.89 bits per heavy atom. The van der Waals surface area contributed by atoms with E-state index in [1.54, 1.807) is 6.26 Å². The molecule has 1 rings (SSSR count). The first kappa shape index (κ1) is 16.0. The Hall–Kier alpha value is -1.08. The van der Waals surface area contributed by atoms with Gasteiger partial charge < -0.3 is 15.4 Å². The van der Waals surface area contributed by atoms with E-state index in [4.69, 9.17) is 4.74 Å². The number of carbonyl (C=O) groups excluding carboxylic acids is 1. The van der Waals surface area contributed by atoms with Crippen molar-refractivity contribution in [2.24, 2.45) is 0 Å². The number of carbonyl (C=O) groups is 1. The van der Waals surface area contributed by atoms with Crippen LogP contribution in [0.5, 0.6) is 5.75 Å². The number of amides is 2. The van der Waals surface area contributed by atoms with Crippen LogP contribution in [0.3, 0.4) is 0 Å². The standard InChI is InChI=1S/C12H17BrN2O3S/c1-19(17)9-7-15-12(16)14-6-8-18-11-4-2-10(13)3-5-11/h2-5H,6-9H2,1H3,(H2,14,15,16)/t19-/m0/s1. The number of halogens is 1. The van der Waals surface area contributed by atoms with Crippen LogP contribution in [0, 0.1) is 0 Å². The van der Waals surface area contributed by atoms with Crippen molar-refractivity contribution >= 4 is 32.8 Å². The fourth-order valence-electron chi connectivity index (χ4n) is 1.24. The quantitative estimate of drug-likeness (QED) is 0.734. The van der Waals surface area contributed by atoms with Crippen LogP contribution in [0.1, 0.15) is 0 Å². The topological polar surface area (TPSA) is 67.4 Å². The molecule has 1 aromatic carbocycles. The molecule has 1 aromatic rings. The lowest BCUT2D eigenvalue weighted by Crippen LogP contribution is -2.39. The maximum Gasteiger partial charge on any atom is 0.314 e. The van der Waals surface area contributed by atoms with Crippen molar-refractivity contribution in [3.05, 3.63) is 28.7 Å². The van der Waals surface area contributed by atoms with Crippen LogP contribution >= 0.6 is 15.9 Å². The summed E-state index contributed by atoms with van der Waals surface area (Å²) in [7, 11) is -0.887. The van der Waals surface area contributed by atoms with Crippen molar-refractivity contribution in [2.45, 2.75) is 0 Å². The zero-order valence-corrected chi connectivity index (χ0v) is 13.1. The summed E-state index contributed by atoms with van der Waals surface area (Å²) in [6, 6.07) is 7.20. The molecule has 0 aliphatic carbocycles. The van der Waals surface area contributed by atoms with Crippen molar-refractivity contribution in [3.63, 3.8) is 0 Å². The number of hydrogen-bond acceptors (Lipinski definition) is 3. The van der Waals surface area contributed by atoms with Crippen molar-refractivity contribution < 1.29 is 13.7 Å². The largest absolute Gasteiger partial charge is 0.492 e. The molecule has 7 heteroatoms. The average Bonchev–Trinajstić information content (AvgIpc) is 2.36. The van der Waals surface area contributed by atoms with Crippen LogP contribution < -0.4 is 15.4 Å². The molecule has 0 aliphatic heterocycles. The molecule has 2 N–H and O–H groups in total. The highest BCUT2D eigenvalue weighted by Crippen LogP contribution is 2.15. The van der Waals surface area contributed by atoms with E-state index in [0.29, 0.717) is 25.4 Å². The molecule has 0 aromatic heterocycles. The minimum Gasteiger partial charge on any atom is -0.492 e. The van der Waals surface area contributed by atoms with E-state index >= 15 is 0 Å². The van der Waals surface area contributed by atoms with Gasteiger partial charge in [0.15, 0.2) is 0 Å². The van der Waals surface area contributed by atoms with Gasteiger partial charge in [0.1, 0.15) is 12.4 Å². The number of nitrogens with one attached hydrogen (secondary N) is 2. The summed E-state index contributed by atoms with van der Waals surface area (Å²) in [4.78, 5) is 11.3. The number of ether oxygens (including phenoxy) is 1. The zero-order chi connectivity index (χ0) is 14.1. The molecule has 0 heterocycles. The van der Waals surface area contributed by atoms with Gasteiger partial charge in [0.25, 0.3) is 0 Å². The van der Waals surface area contributed by atoms with Gasteiger partial charge in [-0.1, -0.05) is 15.9 Å². The molecular weight excluding hydrogens is 332 g/mol. The molecule has 0 saturated carbocycles. The maximum atomic E-state index is 11.3. The van der Waals surface area contributed by atoms with Gasteiger partial charge in [-0.25, -0.2) is 4.79 Å². The van der Waals surface area contributed by atoms with Crippen LogP contribution in [0.2, 0.25) is 0 Å². The molecule has 0 aliphatic rings. The fourth-order valence-corrected chi connectivity index (χ4v) is 1.89. The molecule has 0 radical (unpaired) electrons. The van der Waals surface area contributed by atoms with Gasteiger partial charge in [0.2, 0.25) is 0 Å². The molecule has 0 saturated heterocycles. The van der Waals surface area contributed by atoms with Gasteiger partial charge in [0, 0.05) is 33.8 Å². The third kappa shape index (κ3) is 7.84. The minimum absolute atomic E-state index is 0.273. The summed E-state index contributed by atoms with van der Waals surface area (Å²) in [6.45, 7) is 1.22. The Bertz CT molecular complexity index is 425. The van der Waals surface area contributed by atoms with Crippen LogP contribution in [-0.4, -0.2) is 41.9 Å². The highest BCUT2D eigenvalue weighted by molar-refractivity contribution is 9.10. The Morgan fingerprint density at radius 1 is 1.26 bits per heavy atom. The van der Waals surface area contributed by atoms with Gasteiger partial charge in [0.05, 0.1) is 6.54 Å². The van der Waals surface area contributed by atoms with Gasteiger partial charge >= 0.3 is 6.03 Å². The van der Waals surface area contributed by atoms with E-state index in [0.717, 1.165) is 10.2 Å². The van der Waals surface area contributed by atoms with Crippen molar-refractivity contribution in [2.75, 3.05) is 31.7 Å². The first-order chi connectivity index (χ1) is 9.08. The van der Waals surface area contributed by atoms with Crippen LogP contribution in [-0.2, 0) is 10.8 Å². The minimum atomic E-state index is -0.887. The highest BCUT2D eigenvalue weighted by atomic mass is 79.9. The number of urea groups is 1. The van der Waals surface area contributed by atoms with Crippen molar-refractivity contribution in [1.82, 2.24) is 10.6 Å². The lowest BCUT2D eigenvalue weighted by atomic mass is 10.3. The number of hydrogen-bond donors (Lipinski definition) is 2. The lowest BCUT2D eigenvalue weighted by molar-refractivity contribution is 0.237. The molecule has 0 fully saturated rings. The number of benzene rings is 1.